The molecule has 2 N–H and O–H groups in total. The number of nitrogens with one attached hydrogen (secondary N) is 2. The molecule has 190 valence electrons. The minimum absolute atomic E-state index is 0.245. The van der Waals surface area contributed by atoms with Crippen LogP contribution in [0.5, 0.6) is 11.5 Å². The van der Waals surface area contributed by atoms with Crippen molar-refractivity contribution < 1.29 is 14.3 Å². The van der Waals surface area contributed by atoms with E-state index >= 15 is 0 Å². The number of nitrogens with zero attached hydrogens (tertiary/aromatic N) is 5. The number of carbonyl (C=O) groups excluding carboxylic acids is 1. The maximum absolute atomic E-state index is 13.8. The summed E-state index contributed by atoms with van der Waals surface area (Å²) in [6.07, 6.45) is 6.13. The topological polar surface area (TPSA) is 133 Å². The van der Waals surface area contributed by atoms with Crippen molar-refractivity contribution in [1.29, 1.82) is 0 Å². The molecule has 4 aromatic rings. The maximum atomic E-state index is 13.8. The molecule has 3 aromatic heterocycles. The van der Waals surface area contributed by atoms with Crippen LogP contribution in [0.25, 0.3) is 22.2 Å². The van der Waals surface area contributed by atoms with Crippen LogP contribution >= 0.6 is 11.6 Å². The zero-order chi connectivity index (χ0) is 26.5. The molecule has 0 spiro atoms. The average molecular weight is 522 g/mol. The Labute approximate surface area is 217 Å². The maximum Gasteiger partial charge on any atom is 0.260 e. The summed E-state index contributed by atoms with van der Waals surface area (Å²) in [5.74, 6) is 1.15. The first kappa shape index (κ1) is 25.6. The summed E-state index contributed by atoms with van der Waals surface area (Å²) >= 11 is 6.61. The third-order valence-corrected chi connectivity index (χ3v) is 5.93. The number of carbonyl (C=O) groups is 1. The van der Waals surface area contributed by atoms with E-state index in [1.165, 1.54) is 26.6 Å². The van der Waals surface area contributed by atoms with Crippen LogP contribution in [-0.4, -0.2) is 51.7 Å². The summed E-state index contributed by atoms with van der Waals surface area (Å²) in [5.41, 5.74) is 1.55. The Hall–Kier alpha value is -4.51. The lowest BCUT2D eigenvalue weighted by molar-refractivity contribution is -0.111. The van der Waals surface area contributed by atoms with E-state index in [4.69, 9.17) is 21.1 Å². The van der Waals surface area contributed by atoms with Crippen molar-refractivity contribution in [1.82, 2.24) is 24.5 Å². The van der Waals surface area contributed by atoms with Gasteiger partial charge in [-0.15, -0.1) is 0 Å². The summed E-state index contributed by atoms with van der Waals surface area (Å²) in [7, 11) is 4.71. The monoisotopic (exact) mass is 521 g/mol. The largest absolute Gasteiger partial charge is 0.497 e. The molecule has 0 atom stereocenters. The van der Waals surface area contributed by atoms with E-state index in [-0.39, 0.29) is 23.0 Å². The number of amides is 1. The Bertz CT molecular complexity index is 1540. The molecule has 0 radical (unpaired) electrons. The number of pyridine rings is 1. The first-order valence-electron chi connectivity index (χ1n) is 11.1. The number of benzene rings is 1. The number of hydrogen-bond acceptors (Lipinski definition) is 9. The van der Waals surface area contributed by atoms with Gasteiger partial charge in [-0.3, -0.25) is 19.1 Å². The number of ether oxygens (including phenoxy) is 2. The normalized spacial score (nSPS) is 10.7. The van der Waals surface area contributed by atoms with Crippen LogP contribution in [0.15, 0.2) is 54.2 Å². The molecular formula is C25H24ClN7O4. The third kappa shape index (κ3) is 5.36. The quantitative estimate of drug-likeness (QED) is 0.318. The number of methoxy groups -OCH3 is 2. The highest BCUT2D eigenvalue weighted by molar-refractivity contribution is 6.35. The summed E-state index contributed by atoms with van der Waals surface area (Å²) in [4.78, 5) is 42.6. The first-order chi connectivity index (χ1) is 17.9. The van der Waals surface area contributed by atoms with E-state index in [9.17, 15) is 9.59 Å². The van der Waals surface area contributed by atoms with Gasteiger partial charge in [-0.1, -0.05) is 18.2 Å². The first-order valence-corrected chi connectivity index (χ1v) is 11.5. The van der Waals surface area contributed by atoms with Crippen LogP contribution in [0.3, 0.4) is 0 Å². The number of hydrogen-bond donors (Lipinski definition) is 2. The lowest BCUT2D eigenvalue weighted by Crippen LogP contribution is -2.24. The number of rotatable bonds is 9. The Balaban J connectivity index is 1.79. The van der Waals surface area contributed by atoms with Crippen molar-refractivity contribution in [3.63, 3.8) is 0 Å². The van der Waals surface area contributed by atoms with Crippen molar-refractivity contribution in [3.8, 4) is 22.6 Å². The molecule has 3 heterocycles. The molecule has 37 heavy (non-hydrogen) atoms. The number of halogens is 1. The molecule has 1 amide bonds. The summed E-state index contributed by atoms with van der Waals surface area (Å²) in [6, 6.07) is 5.03. The fourth-order valence-corrected chi connectivity index (χ4v) is 3.95. The Kier molecular flexibility index (Phi) is 7.63. The Morgan fingerprint density at radius 3 is 2.57 bits per heavy atom. The van der Waals surface area contributed by atoms with Gasteiger partial charge in [-0.2, -0.15) is 4.98 Å². The summed E-state index contributed by atoms with van der Waals surface area (Å²) in [5, 5.41) is 6.36. The van der Waals surface area contributed by atoms with E-state index in [0.29, 0.717) is 57.5 Å². The number of aryl methyl sites for hydroxylation is 2. The van der Waals surface area contributed by atoms with Gasteiger partial charge < -0.3 is 20.1 Å². The second kappa shape index (κ2) is 11.0. The highest BCUT2D eigenvalue weighted by atomic mass is 35.5. The van der Waals surface area contributed by atoms with Gasteiger partial charge in [-0.05, 0) is 18.2 Å². The lowest BCUT2D eigenvalue weighted by atomic mass is 10.0. The van der Waals surface area contributed by atoms with Crippen LogP contribution in [0.4, 0.5) is 11.8 Å². The van der Waals surface area contributed by atoms with E-state index < -0.39 is 0 Å². The molecule has 0 fully saturated rings. The standard InChI is InChI=1S/C25H24ClN7O4/c1-5-21(34)31-20-13-28-15(12-29-20)6-7-33-23-14(11-30-25(27-2)32-23)8-18(24(33)35)17-9-16(36-3)10-19(37-4)22(17)26/h5,8-13H,1,6-7H2,2-4H3,(H,27,30,32)(H,29,31,34). The lowest BCUT2D eigenvalue weighted by Gasteiger charge is -2.15. The molecule has 1 aromatic carbocycles. The van der Waals surface area contributed by atoms with E-state index in [0.717, 1.165) is 6.08 Å². The van der Waals surface area contributed by atoms with Crippen molar-refractivity contribution in [2.45, 2.75) is 13.0 Å². The number of aromatic nitrogens is 5. The van der Waals surface area contributed by atoms with Gasteiger partial charge in [0.2, 0.25) is 11.9 Å². The van der Waals surface area contributed by atoms with Gasteiger partial charge >= 0.3 is 0 Å². The zero-order valence-electron chi connectivity index (χ0n) is 20.4. The predicted octanol–water partition coefficient (Wildman–Crippen LogP) is 3.33. The van der Waals surface area contributed by atoms with E-state index in [2.05, 4.69) is 37.1 Å². The zero-order valence-corrected chi connectivity index (χ0v) is 21.2. The van der Waals surface area contributed by atoms with Crippen molar-refractivity contribution in [2.75, 3.05) is 31.9 Å². The molecule has 11 nitrogen and oxygen atoms in total. The Morgan fingerprint density at radius 1 is 1.11 bits per heavy atom. The van der Waals surface area contributed by atoms with Crippen LogP contribution < -0.4 is 25.7 Å². The smallest absolute Gasteiger partial charge is 0.260 e. The minimum atomic E-state index is -0.384. The average Bonchev–Trinajstić information content (AvgIpc) is 2.93. The molecule has 0 unspecified atom stereocenters. The van der Waals surface area contributed by atoms with Crippen LogP contribution in [-0.2, 0) is 17.8 Å². The highest BCUT2D eigenvalue weighted by Crippen LogP contribution is 2.38. The molecule has 0 saturated heterocycles. The van der Waals surface area contributed by atoms with Gasteiger partial charge in [0.15, 0.2) is 5.82 Å². The van der Waals surface area contributed by atoms with Crippen molar-refractivity contribution in [3.05, 3.63) is 70.5 Å². The highest BCUT2D eigenvalue weighted by Gasteiger charge is 2.19. The molecule has 12 heteroatoms. The van der Waals surface area contributed by atoms with Crippen LogP contribution in [0.2, 0.25) is 5.02 Å². The predicted molar refractivity (Wildman–Crippen MR) is 141 cm³/mol. The molecule has 4 rings (SSSR count). The van der Waals surface area contributed by atoms with Gasteiger partial charge in [0.25, 0.3) is 5.56 Å². The van der Waals surface area contributed by atoms with Gasteiger partial charge in [0.05, 0.1) is 37.3 Å². The summed E-state index contributed by atoms with van der Waals surface area (Å²) < 4.78 is 12.3. The minimum Gasteiger partial charge on any atom is -0.497 e. The fourth-order valence-electron chi connectivity index (χ4n) is 3.67. The molecule has 0 bridgehead atoms. The van der Waals surface area contributed by atoms with Crippen molar-refractivity contribution >= 4 is 40.3 Å². The molecule has 0 saturated carbocycles. The molecule has 0 aliphatic carbocycles. The van der Waals surface area contributed by atoms with Gasteiger partial charge in [0, 0.05) is 48.8 Å². The van der Waals surface area contributed by atoms with E-state index in [1.807, 2.05) is 0 Å². The molecular weight excluding hydrogens is 498 g/mol. The second-order valence-electron chi connectivity index (χ2n) is 7.76. The van der Waals surface area contributed by atoms with Crippen LogP contribution in [0.1, 0.15) is 5.69 Å². The molecule has 0 aliphatic heterocycles. The summed E-state index contributed by atoms with van der Waals surface area (Å²) in [6.45, 7) is 3.65. The second-order valence-corrected chi connectivity index (χ2v) is 8.14. The fraction of sp³-hybridized carbons (Fsp3) is 0.200. The van der Waals surface area contributed by atoms with Crippen molar-refractivity contribution in [2.24, 2.45) is 0 Å². The Morgan fingerprint density at radius 2 is 1.92 bits per heavy atom. The third-order valence-electron chi connectivity index (χ3n) is 5.54. The SMILES string of the molecule is C=CC(=O)Nc1cnc(CCn2c(=O)c(-c3cc(OC)cc(OC)c3Cl)cc3cnc(NC)nc32)cn1. The van der Waals surface area contributed by atoms with Gasteiger partial charge in [0.1, 0.15) is 17.1 Å². The number of fused-ring (bicyclic) bond motifs is 1. The van der Waals surface area contributed by atoms with E-state index in [1.54, 1.807) is 36.0 Å². The van der Waals surface area contributed by atoms with Crippen LogP contribution in [0, 0.1) is 0 Å². The van der Waals surface area contributed by atoms with Gasteiger partial charge in [-0.25, -0.2) is 9.97 Å². The molecule has 0 aliphatic rings. The number of anilines is 2.